The van der Waals surface area contributed by atoms with Crippen molar-refractivity contribution in [3.05, 3.63) is 35.9 Å². The summed E-state index contributed by atoms with van der Waals surface area (Å²) in [6.45, 7) is 19.9. The van der Waals surface area contributed by atoms with Gasteiger partial charge in [-0.25, -0.2) is 40.0 Å². The van der Waals surface area contributed by atoms with E-state index < -0.39 is 64.6 Å². The first-order chi connectivity index (χ1) is 20.8. The lowest BCUT2D eigenvalue weighted by Gasteiger charge is -2.44. The highest BCUT2D eigenvalue weighted by Crippen LogP contribution is 2.23. The number of carbonyl (C=O) groups excluding carboxylic acids is 5. The summed E-state index contributed by atoms with van der Waals surface area (Å²) in [5, 5.41) is 1.54. The molecule has 1 saturated heterocycles. The molecule has 2 N–H and O–H groups in total. The largest absolute Gasteiger partial charge is 0.443 e. The molecule has 0 radical (unpaired) electrons. The Hall–Kier alpha value is -4.07. The van der Waals surface area contributed by atoms with Crippen molar-refractivity contribution in [2.24, 2.45) is 0 Å². The third-order valence-electron chi connectivity index (χ3n) is 5.79. The van der Waals surface area contributed by atoms with Crippen molar-refractivity contribution in [2.75, 3.05) is 13.1 Å². The zero-order valence-corrected chi connectivity index (χ0v) is 29.2. The molecule has 0 aromatic heterocycles. The van der Waals surface area contributed by atoms with Crippen LogP contribution < -0.4 is 10.9 Å². The number of hydrogen-bond acceptors (Lipinski definition) is 10. The first kappa shape index (κ1) is 38.1. The number of hydrogen-bond donors (Lipinski definition) is 2. The maximum atomic E-state index is 14.4. The number of benzene rings is 1. The van der Waals surface area contributed by atoms with E-state index in [0.29, 0.717) is 6.54 Å². The van der Waals surface area contributed by atoms with Crippen molar-refractivity contribution in [1.82, 2.24) is 25.8 Å². The van der Waals surface area contributed by atoms with Gasteiger partial charge in [-0.2, -0.15) is 0 Å². The second-order valence-electron chi connectivity index (χ2n) is 15.0. The smallest absolute Gasteiger partial charge is 0.430 e. The van der Waals surface area contributed by atoms with Crippen LogP contribution in [-0.4, -0.2) is 92.7 Å². The Morgan fingerprint density at radius 2 is 1.00 bits per heavy atom. The maximum absolute atomic E-state index is 14.4. The third-order valence-corrected chi connectivity index (χ3v) is 5.79. The van der Waals surface area contributed by atoms with Gasteiger partial charge in [-0.05, 0) is 88.6 Å². The van der Waals surface area contributed by atoms with Crippen LogP contribution in [0.25, 0.3) is 0 Å². The summed E-state index contributed by atoms with van der Waals surface area (Å²) in [6, 6.07) is 6.55. The van der Waals surface area contributed by atoms with Gasteiger partial charge in [0.1, 0.15) is 34.5 Å². The Balaban J connectivity index is 2.64. The van der Waals surface area contributed by atoms with Gasteiger partial charge in [0.25, 0.3) is 0 Å². The standard InChI is InChI=1S/C32H51N5O9/c1-29(2,3)43-25(39)33-36(27(41)45-31(7,8)9)22-19-35(18-21-16-14-13-15-17-21)20-23(24(22)38)37(28(42)46-32(10,11)12)34-26(40)44-30(4,5)6/h13-17,22-23H,18-20H2,1-12H3,(H,33,39)(H,34,40). The fraction of sp³-hybridized carbons (Fsp3) is 0.656. The van der Waals surface area contributed by atoms with Crippen LogP contribution in [0.1, 0.15) is 88.6 Å². The fourth-order valence-electron chi connectivity index (χ4n) is 4.28. The van der Waals surface area contributed by atoms with Gasteiger partial charge in [0.15, 0.2) is 5.78 Å². The van der Waals surface area contributed by atoms with Crippen LogP contribution in [-0.2, 0) is 30.3 Å². The van der Waals surface area contributed by atoms with Crippen molar-refractivity contribution < 1.29 is 42.9 Å². The fourth-order valence-corrected chi connectivity index (χ4v) is 4.28. The zero-order chi connectivity index (χ0) is 35.3. The average Bonchev–Trinajstić information content (AvgIpc) is 2.83. The highest BCUT2D eigenvalue weighted by Gasteiger charge is 2.48. The minimum atomic E-state index is -1.39. The molecule has 1 aromatic carbocycles. The molecule has 0 saturated carbocycles. The van der Waals surface area contributed by atoms with Crippen LogP contribution in [0.15, 0.2) is 30.3 Å². The van der Waals surface area contributed by atoms with Crippen molar-refractivity contribution in [1.29, 1.82) is 0 Å². The summed E-state index contributed by atoms with van der Waals surface area (Å²) in [5.74, 6) is -0.687. The van der Waals surface area contributed by atoms with Gasteiger partial charge >= 0.3 is 24.4 Å². The van der Waals surface area contributed by atoms with Crippen LogP contribution >= 0.6 is 0 Å². The molecule has 2 atom stereocenters. The highest BCUT2D eigenvalue weighted by molar-refractivity contribution is 5.95. The molecule has 1 heterocycles. The lowest BCUT2D eigenvalue weighted by Crippen LogP contribution is -2.70. The predicted octanol–water partition coefficient (Wildman–Crippen LogP) is 5.16. The summed E-state index contributed by atoms with van der Waals surface area (Å²) in [5.41, 5.74) is 1.81. The summed E-state index contributed by atoms with van der Waals surface area (Å²) < 4.78 is 21.9. The van der Waals surface area contributed by atoms with E-state index >= 15 is 0 Å². The molecular weight excluding hydrogens is 598 g/mol. The van der Waals surface area contributed by atoms with Crippen molar-refractivity contribution >= 4 is 30.2 Å². The number of nitrogens with one attached hydrogen (secondary N) is 2. The average molecular weight is 650 g/mol. The molecule has 0 spiro atoms. The van der Waals surface area contributed by atoms with Crippen LogP contribution in [0, 0.1) is 0 Å². The number of carbonyl (C=O) groups is 5. The molecule has 1 fully saturated rings. The van der Waals surface area contributed by atoms with E-state index in [-0.39, 0.29) is 13.1 Å². The van der Waals surface area contributed by atoms with E-state index in [1.54, 1.807) is 83.1 Å². The number of amides is 4. The molecule has 4 amide bonds. The quantitative estimate of drug-likeness (QED) is 0.330. The summed E-state index contributed by atoms with van der Waals surface area (Å²) in [4.78, 5) is 69.2. The molecule has 46 heavy (non-hydrogen) atoms. The number of ether oxygens (including phenoxy) is 4. The van der Waals surface area contributed by atoms with Crippen molar-refractivity contribution in [3.8, 4) is 0 Å². The second kappa shape index (κ2) is 14.6. The Bertz CT molecular complexity index is 1170. The lowest BCUT2D eigenvalue weighted by atomic mass is 9.97. The number of ketones is 1. The minimum absolute atomic E-state index is 0.0616. The van der Waals surface area contributed by atoms with Gasteiger partial charge in [0.2, 0.25) is 0 Å². The van der Waals surface area contributed by atoms with Gasteiger partial charge in [-0.3, -0.25) is 9.69 Å². The van der Waals surface area contributed by atoms with Crippen LogP contribution in [0.5, 0.6) is 0 Å². The zero-order valence-electron chi connectivity index (χ0n) is 29.2. The molecule has 0 aliphatic carbocycles. The predicted molar refractivity (Wildman–Crippen MR) is 169 cm³/mol. The SMILES string of the molecule is CC(C)(C)OC(=O)NN(C(=O)OC(C)(C)C)C1CN(Cc2ccccc2)CC(N(NC(=O)OC(C)(C)C)C(=O)OC(C)(C)C)C1=O. The highest BCUT2D eigenvalue weighted by atomic mass is 16.6. The van der Waals surface area contributed by atoms with Gasteiger partial charge in [0.05, 0.1) is 0 Å². The summed E-state index contributed by atoms with van der Waals surface area (Å²) in [6.07, 6.45) is -4.06. The first-order valence-corrected chi connectivity index (χ1v) is 15.2. The van der Waals surface area contributed by atoms with E-state index in [0.717, 1.165) is 15.6 Å². The second-order valence-corrected chi connectivity index (χ2v) is 15.0. The first-order valence-electron chi connectivity index (χ1n) is 15.2. The Kier molecular flexibility index (Phi) is 12.1. The molecule has 2 rings (SSSR count). The van der Waals surface area contributed by atoms with Gasteiger partial charge in [-0.15, -0.1) is 0 Å². The number of likely N-dealkylation sites (tertiary alicyclic amines) is 1. The number of piperidine rings is 1. The minimum Gasteiger partial charge on any atom is -0.443 e. The summed E-state index contributed by atoms with van der Waals surface area (Å²) in [7, 11) is 0. The summed E-state index contributed by atoms with van der Waals surface area (Å²) >= 11 is 0. The van der Waals surface area contributed by atoms with Gasteiger partial charge in [-0.1, -0.05) is 30.3 Å². The van der Waals surface area contributed by atoms with E-state index in [1.807, 2.05) is 35.2 Å². The number of Topliss-reactive ketones (excluding diaryl/α,β-unsaturated/α-hetero) is 1. The van der Waals surface area contributed by atoms with Crippen LogP contribution in [0.2, 0.25) is 0 Å². The van der Waals surface area contributed by atoms with Crippen molar-refractivity contribution in [2.45, 2.75) is 124 Å². The molecule has 0 bridgehead atoms. The molecule has 258 valence electrons. The Morgan fingerprint density at radius 3 is 1.33 bits per heavy atom. The molecule has 14 nitrogen and oxygen atoms in total. The maximum Gasteiger partial charge on any atom is 0.430 e. The normalized spacial score (nSPS) is 17.8. The van der Waals surface area contributed by atoms with Gasteiger partial charge in [0, 0.05) is 19.6 Å². The topological polar surface area (TPSA) is 156 Å². The monoisotopic (exact) mass is 649 g/mol. The van der Waals surface area contributed by atoms with E-state index in [2.05, 4.69) is 10.9 Å². The van der Waals surface area contributed by atoms with Crippen LogP contribution in [0.3, 0.4) is 0 Å². The Morgan fingerprint density at radius 1 is 0.652 bits per heavy atom. The van der Waals surface area contributed by atoms with Gasteiger partial charge < -0.3 is 18.9 Å². The molecular formula is C32H51N5O9. The molecule has 2 unspecified atom stereocenters. The molecule has 1 aliphatic heterocycles. The van der Waals surface area contributed by atoms with E-state index in [9.17, 15) is 24.0 Å². The Labute approximate surface area is 271 Å². The number of nitrogens with zero attached hydrogens (tertiary/aromatic N) is 3. The third kappa shape index (κ3) is 13.1. The number of rotatable bonds is 4. The van der Waals surface area contributed by atoms with Crippen LogP contribution in [0.4, 0.5) is 19.2 Å². The lowest BCUT2D eigenvalue weighted by molar-refractivity contribution is -0.138. The molecule has 14 heteroatoms. The van der Waals surface area contributed by atoms with Crippen molar-refractivity contribution in [3.63, 3.8) is 0 Å². The number of hydrazine groups is 2. The van der Waals surface area contributed by atoms with E-state index in [4.69, 9.17) is 18.9 Å². The molecule has 1 aliphatic rings. The van der Waals surface area contributed by atoms with E-state index in [1.165, 1.54) is 0 Å². The molecule has 1 aromatic rings.